The lowest BCUT2D eigenvalue weighted by Crippen LogP contribution is -2.43. The molecule has 2 atom stereocenters. The minimum absolute atomic E-state index is 0.0336. The van der Waals surface area contributed by atoms with Crippen molar-refractivity contribution in [3.05, 3.63) is 71.3 Å². The molecule has 0 radical (unpaired) electrons. The van der Waals surface area contributed by atoms with Crippen LogP contribution < -0.4 is 0 Å². The Bertz CT molecular complexity index is 696. The van der Waals surface area contributed by atoms with E-state index in [1.54, 1.807) is 0 Å². The second-order valence-electron chi connectivity index (χ2n) is 7.12. The lowest BCUT2D eigenvalue weighted by atomic mass is 9.91. The molecule has 4 heteroatoms. The molecule has 2 aromatic rings. The molecule has 1 fully saturated rings. The van der Waals surface area contributed by atoms with Gasteiger partial charge in [0.1, 0.15) is 0 Å². The molecule has 0 aliphatic carbocycles. The van der Waals surface area contributed by atoms with E-state index < -0.39 is 11.7 Å². The monoisotopic (exact) mass is 361 g/mol. The van der Waals surface area contributed by atoms with Gasteiger partial charge < -0.3 is 0 Å². The van der Waals surface area contributed by atoms with Gasteiger partial charge in [0.15, 0.2) is 0 Å². The molecule has 2 aromatic carbocycles. The topological polar surface area (TPSA) is 3.24 Å². The number of likely N-dealkylation sites (tertiary alicyclic amines) is 1. The van der Waals surface area contributed by atoms with Crippen LogP contribution in [-0.4, -0.2) is 17.5 Å². The van der Waals surface area contributed by atoms with Crippen LogP contribution in [-0.2, 0) is 12.6 Å². The van der Waals surface area contributed by atoms with Crippen LogP contribution in [0.25, 0.3) is 0 Å². The molecule has 3 rings (SSSR count). The fourth-order valence-electron chi connectivity index (χ4n) is 4.12. The lowest BCUT2D eigenvalue weighted by molar-refractivity contribution is -0.137. The summed E-state index contributed by atoms with van der Waals surface area (Å²) in [5, 5.41) is 0. The molecule has 1 nitrogen and oxygen atoms in total. The Balaban J connectivity index is 1.85. The van der Waals surface area contributed by atoms with E-state index in [0.29, 0.717) is 6.04 Å². The van der Waals surface area contributed by atoms with Crippen LogP contribution in [0.1, 0.15) is 55.3 Å². The summed E-state index contributed by atoms with van der Waals surface area (Å²) in [4.78, 5) is 2.44. The van der Waals surface area contributed by atoms with Crippen molar-refractivity contribution in [2.75, 3.05) is 6.54 Å². The maximum absolute atomic E-state index is 13.1. The molecular formula is C22H26F3N. The Morgan fingerprint density at radius 2 is 1.81 bits per heavy atom. The number of benzene rings is 2. The summed E-state index contributed by atoms with van der Waals surface area (Å²) < 4.78 is 39.4. The number of hydrogen-bond acceptors (Lipinski definition) is 1. The van der Waals surface area contributed by atoms with Gasteiger partial charge in [-0.05, 0) is 55.5 Å². The van der Waals surface area contributed by atoms with Gasteiger partial charge in [-0.1, -0.05) is 55.8 Å². The zero-order valence-corrected chi connectivity index (χ0v) is 15.2. The molecule has 0 spiro atoms. The molecule has 0 saturated carbocycles. The van der Waals surface area contributed by atoms with E-state index in [2.05, 4.69) is 24.0 Å². The SMILES string of the molecule is CCC(c1cccc(C(F)(F)F)c1)N1CCCCC1Cc1ccccc1. The summed E-state index contributed by atoms with van der Waals surface area (Å²) in [6, 6.07) is 16.7. The Kier molecular flexibility index (Phi) is 6.02. The van der Waals surface area contributed by atoms with Crippen molar-refractivity contribution in [3.63, 3.8) is 0 Å². The maximum Gasteiger partial charge on any atom is 0.416 e. The van der Waals surface area contributed by atoms with Crippen molar-refractivity contribution in [3.8, 4) is 0 Å². The van der Waals surface area contributed by atoms with Crippen molar-refractivity contribution in [2.24, 2.45) is 0 Å². The van der Waals surface area contributed by atoms with Gasteiger partial charge in [-0.3, -0.25) is 4.90 Å². The Morgan fingerprint density at radius 1 is 1.04 bits per heavy atom. The number of alkyl halides is 3. The van der Waals surface area contributed by atoms with E-state index in [-0.39, 0.29) is 6.04 Å². The van der Waals surface area contributed by atoms with Crippen LogP contribution in [0.4, 0.5) is 13.2 Å². The smallest absolute Gasteiger partial charge is 0.293 e. The standard InChI is InChI=1S/C22H26F3N/c1-2-21(18-11-8-12-19(16-18)22(23,24)25)26-14-7-6-13-20(26)15-17-9-4-3-5-10-17/h3-5,8-12,16,20-21H,2,6-7,13-15H2,1H3. The van der Waals surface area contributed by atoms with E-state index in [0.717, 1.165) is 43.9 Å². The summed E-state index contributed by atoms with van der Waals surface area (Å²) in [5.74, 6) is 0. The second kappa shape index (κ2) is 8.26. The van der Waals surface area contributed by atoms with Gasteiger partial charge in [0.25, 0.3) is 0 Å². The zero-order valence-electron chi connectivity index (χ0n) is 15.2. The fourth-order valence-corrected chi connectivity index (χ4v) is 4.12. The normalized spacial score (nSPS) is 20.1. The summed E-state index contributed by atoms with van der Waals surface area (Å²) in [6.07, 6.45) is 0.876. The van der Waals surface area contributed by atoms with E-state index in [4.69, 9.17) is 0 Å². The molecule has 1 aliphatic heterocycles. The van der Waals surface area contributed by atoms with Crippen molar-refractivity contribution < 1.29 is 13.2 Å². The molecule has 1 saturated heterocycles. The Hall–Kier alpha value is -1.81. The lowest BCUT2D eigenvalue weighted by Gasteiger charge is -2.41. The Labute approximate surface area is 153 Å². The highest BCUT2D eigenvalue weighted by Crippen LogP contribution is 2.36. The molecule has 140 valence electrons. The van der Waals surface area contributed by atoms with Crippen LogP contribution in [0.5, 0.6) is 0 Å². The highest BCUT2D eigenvalue weighted by atomic mass is 19.4. The first-order valence-electron chi connectivity index (χ1n) is 9.46. The van der Waals surface area contributed by atoms with Crippen LogP contribution in [0.15, 0.2) is 54.6 Å². The van der Waals surface area contributed by atoms with Gasteiger partial charge in [-0.25, -0.2) is 0 Å². The van der Waals surface area contributed by atoms with E-state index in [9.17, 15) is 13.2 Å². The fraction of sp³-hybridized carbons (Fsp3) is 0.455. The van der Waals surface area contributed by atoms with Gasteiger partial charge in [0.05, 0.1) is 5.56 Å². The number of rotatable bonds is 5. The summed E-state index contributed by atoms with van der Waals surface area (Å²) in [5.41, 5.74) is 1.52. The third-order valence-corrected chi connectivity index (χ3v) is 5.37. The van der Waals surface area contributed by atoms with Crippen molar-refractivity contribution in [1.29, 1.82) is 0 Å². The highest BCUT2D eigenvalue weighted by Gasteiger charge is 2.33. The maximum atomic E-state index is 13.1. The number of halogens is 3. The first kappa shape index (κ1) is 19.0. The van der Waals surface area contributed by atoms with Crippen molar-refractivity contribution >= 4 is 0 Å². The number of hydrogen-bond donors (Lipinski definition) is 0. The van der Waals surface area contributed by atoms with Gasteiger partial charge in [0.2, 0.25) is 0 Å². The summed E-state index contributed by atoms with van der Waals surface area (Å²) in [7, 11) is 0. The van der Waals surface area contributed by atoms with E-state index >= 15 is 0 Å². The first-order valence-corrected chi connectivity index (χ1v) is 9.46. The minimum atomic E-state index is -4.29. The summed E-state index contributed by atoms with van der Waals surface area (Å²) >= 11 is 0. The van der Waals surface area contributed by atoms with Crippen molar-refractivity contribution in [1.82, 2.24) is 4.90 Å². The molecule has 26 heavy (non-hydrogen) atoms. The van der Waals surface area contributed by atoms with Crippen LogP contribution in [0.2, 0.25) is 0 Å². The molecule has 2 unspecified atom stereocenters. The largest absolute Gasteiger partial charge is 0.416 e. The molecule has 0 aromatic heterocycles. The highest BCUT2D eigenvalue weighted by molar-refractivity contribution is 5.28. The minimum Gasteiger partial charge on any atom is -0.293 e. The number of nitrogens with zero attached hydrogens (tertiary/aromatic N) is 1. The predicted octanol–water partition coefficient (Wildman–Crippen LogP) is 6.25. The molecule has 0 bridgehead atoms. The zero-order chi connectivity index (χ0) is 18.6. The first-order chi connectivity index (χ1) is 12.5. The van der Waals surface area contributed by atoms with Crippen LogP contribution >= 0.6 is 0 Å². The second-order valence-corrected chi connectivity index (χ2v) is 7.12. The Morgan fingerprint density at radius 3 is 2.50 bits per heavy atom. The van der Waals surface area contributed by atoms with E-state index in [1.165, 1.54) is 24.1 Å². The average Bonchev–Trinajstić information content (AvgIpc) is 2.64. The molecule has 1 aliphatic rings. The van der Waals surface area contributed by atoms with Gasteiger partial charge in [-0.15, -0.1) is 0 Å². The van der Waals surface area contributed by atoms with E-state index in [1.807, 2.05) is 24.3 Å². The summed E-state index contributed by atoms with van der Waals surface area (Å²) in [6.45, 7) is 3.02. The van der Waals surface area contributed by atoms with Gasteiger partial charge in [0, 0.05) is 12.1 Å². The molecular weight excluding hydrogens is 335 g/mol. The van der Waals surface area contributed by atoms with Crippen LogP contribution in [0, 0.1) is 0 Å². The van der Waals surface area contributed by atoms with Gasteiger partial charge in [-0.2, -0.15) is 13.2 Å². The van der Waals surface area contributed by atoms with Gasteiger partial charge >= 0.3 is 6.18 Å². The third-order valence-electron chi connectivity index (χ3n) is 5.37. The third kappa shape index (κ3) is 4.47. The van der Waals surface area contributed by atoms with Crippen molar-refractivity contribution in [2.45, 2.75) is 57.3 Å². The van der Waals surface area contributed by atoms with Crippen LogP contribution in [0.3, 0.4) is 0 Å². The average molecular weight is 361 g/mol. The molecule has 0 N–H and O–H groups in total. The molecule has 0 amide bonds. The number of piperidine rings is 1. The quantitative estimate of drug-likeness (QED) is 0.608. The predicted molar refractivity (Wildman–Crippen MR) is 99.0 cm³/mol. The molecule has 1 heterocycles.